The average molecular weight is 207 g/mol. The van der Waals surface area contributed by atoms with Gasteiger partial charge in [-0.05, 0) is 45.4 Å². The van der Waals surface area contributed by atoms with Gasteiger partial charge in [0.1, 0.15) is 0 Å². The number of rotatable bonds is 1. The molecule has 0 aromatic carbocycles. The third-order valence-electron chi connectivity index (χ3n) is 3.39. The molecule has 0 unspecified atom stereocenters. The summed E-state index contributed by atoms with van der Waals surface area (Å²) >= 11 is 0. The Balaban J connectivity index is 2.15. The fraction of sp³-hybridized carbons (Fsp3) is 0.636. The molecule has 2 aliphatic rings. The van der Waals surface area contributed by atoms with Crippen molar-refractivity contribution in [1.29, 1.82) is 0 Å². The number of allylic oxidation sites excluding steroid dienone is 2. The SMILES string of the molecule is CC1(C)OB(C2=CC=CNC2)OC1(C)C. The van der Waals surface area contributed by atoms with Crippen LogP contribution in [0.25, 0.3) is 0 Å². The summed E-state index contributed by atoms with van der Waals surface area (Å²) in [5.41, 5.74) is 0.649. The van der Waals surface area contributed by atoms with Crippen LogP contribution in [0.2, 0.25) is 0 Å². The van der Waals surface area contributed by atoms with E-state index in [1.165, 1.54) is 0 Å². The van der Waals surface area contributed by atoms with Gasteiger partial charge in [0.15, 0.2) is 0 Å². The highest BCUT2D eigenvalue weighted by Crippen LogP contribution is 2.38. The highest BCUT2D eigenvalue weighted by molar-refractivity contribution is 6.54. The van der Waals surface area contributed by atoms with Crippen molar-refractivity contribution in [3.8, 4) is 0 Å². The quantitative estimate of drug-likeness (QED) is 0.663. The van der Waals surface area contributed by atoms with Crippen molar-refractivity contribution in [3.05, 3.63) is 23.8 Å². The van der Waals surface area contributed by atoms with Crippen LogP contribution in [-0.4, -0.2) is 24.9 Å². The van der Waals surface area contributed by atoms with E-state index >= 15 is 0 Å². The Morgan fingerprint density at radius 1 is 1.20 bits per heavy atom. The zero-order valence-corrected chi connectivity index (χ0v) is 9.83. The highest BCUT2D eigenvalue weighted by atomic mass is 16.7. The Hall–Kier alpha value is -0.735. The second kappa shape index (κ2) is 3.39. The first-order valence-electron chi connectivity index (χ1n) is 5.37. The van der Waals surface area contributed by atoms with Gasteiger partial charge in [0.25, 0.3) is 0 Å². The molecule has 2 aliphatic heterocycles. The van der Waals surface area contributed by atoms with E-state index < -0.39 is 0 Å². The standard InChI is InChI=1S/C11H18BNO2/c1-10(2)11(3,4)15-12(14-10)9-6-5-7-13-8-9/h5-7,13H,8H2,1-4H3. The number of hydrogen-bond donors (Lipinski definition) is 1. The molecule has 0 aromatic rings. The second-order valence-corrected chi connectivity index (χ2v) is 5.07. The van der Waals surface area contributed by atoms with Crippen molar-refractivity contribution in [2.45, 2.75) is 38.9 Å². The zero-order chi connectivity index (χ0) is 11.1. The van der Waals surface area contributed by atoms with Gasteiger partial charge in [0.2, 0.25) is 0 Å². The van der Waals surface area contributed by atoms with Gasteiger partial charge in [-0.1, -0.05) is 6.08 Å². The first-order chi connectivity index (χ1) is 6.92. The zero-order valence-electron chi connectivity index (χ0n) is 9.83. The van der Waals surface area contributed by atoms with E-state index in [1.807, 2.05) is 12.3 Å². The molecule has 15 heavy (non-hydrogen) atoms. The lowest BCUT2D eigenvalue weighted by Gasteiger charge is -2.32. The summed E-state index contributed by atoms with van der Waals surface area (Å²) in [4.78, 5) is 0. The lowest BCUT2D eigenvalue weighted by molar-refractivity contribution is 0.00578. The lowest BCUT2D eigenvalue weighted by Crippen LogP contribution is -2.41. The van der Waals surface area contributed by atoms with E-state index in [0.29, 0.717) is 0 Å². The second-order valence-electron chi connectivity index (χ2n) is 5.07. The van der Waals surface area contributed by atoms with Crippen molar-refractivity contribution in [3.63, 3.8) is 0 Å². The third-order valence-corrected chi connectivity index (χ3v) is 3.39. The third kappa shape index (κ3) is 1.84. The molecule has 0 radical (unpaired) electrons. The smallest absolute Gasteiger partial charge is 0.400 e. The first-order valence-corrected chi connectivity index (χ1v) is 5.37. The highest BCUT2D eigenvalue weighted by Gasteiger charge is 2.52. The van der Waals surface area contributed by atoms with Crippen LogP contribution in [-0.2, 0) is 9.31 Å². The normalized spacial score (nSPS) is 27.5. The van der Waals surface area contributed by atoms with E-state index in [9.17, 15) is 0 Å². The molecule has 0 bridgehead atoms. The largest absolute Gasteiger partial charge is 0.492 e. The molecule has 3 nitrogen and oxygen atoms in total. The predicted molar refractivity (Wildman–Crippen MR) is 61.3 cm³/mol. The summed E-state index contributed by atoms with van der Waals surface area (Å²) in [6.45, 7) is 9.08. The summed E-state index contributed by atoms with van der Waals surface area (Å²) in [5, 5.41) is 3.16. The Kier molecular flexibility index (Phi) is 2.43. The summed E-state index contributed by atoms with van der Waals surface area (Å²) in [6, 6.07) is 0. The van der Waals surface area contributed by atoms with Crippen molar-refractivity contribution < 1.29 is 9.31 Å². The number of hydrogen-bond acceptors (Lipinski definition) is 3. The van der Waals surface area contributed by atoms with Crippen LogP contribution in [0.15, 0.2) is 23.8 Å². The van der Waals surface area contributed by atoms with E-state index in [0.717, 1.165) is 12.0 Å². The van der Waals surface area contributed by atoms with Crippen molar-refractivity contribution in [1.82, 2.24) is 5.32 Å². The molecule has 82 valence electrons. The Morgan fingerprint density at radius 3 is 2.27 bits per heavy atom. The minimum Gasteiger partial charge on any atom is -0.400 e. The van der Waals surface area contributed by atoms with E-state index in [2.05, 4.69) is 39.1 Å². The fourth-order valence-corrected chi connectivity index (χ4v) is 1.63. The molecule has 0 aliphatic carbocycles. The van der Waals surface area contributed by atoms with Gasteiger partial charge in [0.05, 0.1) is 11.2 Å². The molecule has 2 heterocycles. The molecule has 1 fully saturated rings. The monoisotopic (exact) mass is 207 g/mol. The molecule has 4 heteroatoms. The Bertz CT molecular complexity index is 305. The van der Waals surface area contributed by atoms with Crippen molar-refractivity contribution in [2.75, 3.05) is 6.54 Å². The topological polar surface area (TPSA) is 30.5 Å². The minimum atomic E-state index is -0.250. The molecule has 1 N–H and O–H groups in total. The maximum Gasteiger partial charge on any atom is 0.492 e. The van der Waals surface area contributed by atoms with Crippen LogP contribution in [0.5, 0.6) is 0 Å². The van der Waals surface area contributed by atoms with Gasteiger partial charge in [-0.3, -0.25) is 0 Å². The van der Waals surface area contributed by atoms with Gasteiger partial charge in [-0.2, -0.15) is 0 Å². The van der Waals surface area contributed by atoms with Crippen LogP contribution >= 0.6 is 0 Å². The van der Waals surface area contributed by atoms with Gasteiger partial charge < -0.3 is 14.6 Å². The Morgan fingerprint density at radius 2 is 1.80 bits per heavy atom. The summed E-state index contributed by atoms with van der Waals surface area (Å²) in [6.07, 6.45) is 5.96. The molecule has 0 aromatic heterocycles. The summed E-state index contributed by atoms with van der Waals surface area (Å²) < 4.78 is 11.9. The average Bonchev–Trinajstić information content (AvgIpc) is 2.38. The van der Waals surface area contributed by atoms with Crippen LogP contribution in [0.1, 0.15) is 27.7 Å². The van der Waals surface area contributed by atoms with Gasteiger partial charge in [-0.15, -0.1) is 0 Å². The maximum absolute atomic E-state index is 5.94. The fourth-order valence-electron chi connectivity index (χ4n) is 1.63. The van der Waals surface area contributed by atoms with Crippen LogP contribution in [0.4, 0.5) is 0 Å². The minimum absolute atomic E-state index is 0.215. The Labute approximate surface area is 91.7 Å². The van der Waals surface area contributed by atoms with Crippen molar-refractivity contribution >= 4 is 7.12 Å². The van der Waals surface area contributed by atoms with Crippen LogP contribution < -0.4 is 5.32 Å². The molecule has 1 saturated heterocycles. The molecule has 0 spiro atoms. The number of nitrogens with one attached hydrogen (secondary N) is 1. The summed E-state index contributed by atoms with van der Waals surface area (Å²) in [5.74, 6) is 0. The maximum atomic E-state index is 5.94. The molecule has 0 atom stereocenters. The van der Waals surface area contributed by atoms with Crippen LogP contribution in [0, 0.1) is 0 Å². The molecule has 0 amide bonds. The van der Waals surface area contributed by atoms with Gasteiger partial charge >= 0.3 is 7.12 Å². The van der Waals surface area contributed by atoms with Gasteiger partial charge in [-0.25, -0.2) is 0 Å². The molecular formula is C11H18BNO2. The van der Waals surface area contributed by atoms with Crippen molar-refractivity contribution in [2.24, 2.45) is 0 Å². The predicted octanol–water partition coefficient (Wildman–Crippen LogP) is 1.66. The van der Waals surface area contributed by atoms with E-state index in [-0.39, 0.29) is 18.3 Å². The number of dihydropyridines is 1. The van der Waals surface area contributed by atoms with Gasteiger partial charge in [0, 0.05) is 6.54 Å². The first kappa shape index (κ1) is 10.8. The van der Waals surface area contributed by atoms with E-state index in [1.54, 1.807) is 0 Å². The summed E-state index contributed by atoms with van der Waals surface area (Å²) in [7, 11) is -0.215. The molecule has 2 rings (SSSR count). The molecular weight excluding hydrogens is 189 g/mol. The van der Waals surface area contributed by atoms with E-state index in [4.69, 9.17) is 9.31 Å². The van der Waals surface area contributed by atoms with Crippen LogP contribution in [0.3, 0.4) is 0 Å². The lowest BCUT2D eigenvalue weighted by atomic mass is 9.77. The molecule has 0 saturated carbocycles.